The minimum atomic E-state index is 0.0150. The molecule has 1 rings (SSSR count). The van der Waals surface area contributed by atoms with Crippen LogP contribution in [0.2, 0.25) is 0 Å². The lowest BCUT2D eigenvalue weighted by atomic mass is 9.84. The Labute approximate surface area is 86.8 Å². The van der Waals surface area contributed by atoms with Gasteiger partial charge in [-0.05, 0) is 35.4 Å². The lowest BCUT2D eigenvalue weighted by Crippen LogP contribution is -2.12. The molecule has 0 spiro atoms. The number of phenolic OH excluding ortho intramolecular Hbond substituents is 1. The van der Waals surface area contributed by atoms with E-state index in [0.717, 1.165) is 17.5 Å². The van der Waals surface area contributed by atoms with Crippen LogP contribution >= 0.6 is 0 Å². The Morgan fingerprint density at radius 2 is 1.79 bits per heavy atom. The molecule has 0 bridgehead atoms. The van der Waals surface area contributed by atoms with Gasteiger partial charge in [0, 0.05) is 0 Å². The standard InChI is InChI=1S/C13H20O/c1-6-10-7-8-11(13(3,4)5)12(14)9(10)2/h7-8,14H,6H2,1-5H3. The third kappa shape index (κ3) is 1.92. The van der Waals surface area contributed by atoms with E-state index < -0.39 is 0 Å². The van der Waals surface area contributed by atoms with E-state index in [0.29, 0.717) is 5.75 Å². The highest BCUT2D eigenvalue weighted by Gasteiger charge is 2.19. The van der Waals surface area contributed by atoms with E-state index in [1.807, 2.05) is 13.0 Å². The summed E-state index contributed by atoms with van der Waals surface area (Å²) in [7, 11) is 0. The van der Waals surface area contributed by atoms with E-state index in [1.165, 1.54) is 5.56 Å². The molecule has 0 aromatic heterocycles. The maximum absolute atomic E-state index is 10.0. The van der Waals surface area contributed by atoms with E-state index in [4.69, 9.17) is 0 Å². The van der Waals surface area contributed by atoms with Crippen LogP contribution in [-0.2, 0) is 11.8 Å². The second-order valence-electron chi connectivity index (χ2n) is 4.85. The zero-order valence-electron chi connectivity index (χ0n) is 9.81. The summed E-state index contributed by atoms with van der Waals surface area (Å²) in [5, 5.41) is 10.0. The number of benzene rings is 1. The topological polar surface area (TPSA) is 20.2 Å². The average Bonchev–Trinajstić information content (AvgIpc) is 2.07. The highest BCUT2D eigenvalue weighted by molar-refractivity contribution is 5.47. The molecule has 0 heterocycles. The highest BCUT2D eigenvalue weighted by atomic mass is 16.3. The van der Waals surface area contributed by atoms with Gasteiger partial charge in [0.05, 0.1) is 0 Å². The van der Waals surface area contributed by atoms with Crippen LogP contribution < -0.4 is 0 Å². The lowest BCUT2D eigenvalue weighted by molar-refractivity contribution is 0.442. The second kappa shape index (κ2) is 3.64. The van der Waals surface area contributed by atoms with Crippen LogP contribution in [0.5, 0.6) is 5.75 Å². The molecule has 1 nitrogen and oxygen atoms in total. The molecule has 0 saturated heterocycles. The van der Waals surface area contributed by atoms with E-state index in [-0.39, 0.29) is 5.41 Å². The van der Waals surface area contributed by atoms with Crippen LogP contribution in [0.4, 0.5) is 0 Å². The fourth-order valence-corrected chi connectivity index (χ4v) is 1.73. The van der Waals surface area contributed by atoms with Gasteiger partial charge < -0.3 is 5.11 Å². The van der Waals surface area contributed by atoms with Crippen molar-refractivity contribution < 1.29 is 5.11 Å². The molecule has 0 unspecified atom stereocenters. The number of phenols is 1. The number of rotatable bonds is 1. The largest absolute Gasteiger partial charge is 0.507 e. The Morgan fingerprint density at radius 3 is 2.21 bits per heavy atom. The fourth-order valence-electron chi connectivity index (χ4n) is 1.73. The molecule has 0 atom stereocenters. The Bertz CT molecular complexity index is 332. The smallest absolute Gasteiger partial charge is 0.122 e. The van der Waals surface area contributed by atoms with E-state index in [9.17, 15) is 5.11 Å². The Kier molecular flexibility index (Phi) is 2.89. The van der Waals surface area contributed by atoms with Gasteiger partial charge in [-0.3, -0.25) is 0 Å². The van der Waals surface area contributed by atoms with Crippen molar-refractivity contribution >= 4 is 0 Å². The molecule has 0 fully saturated rings. The molecule has 78 valence electrons. The molecule has 1 aromatic carbocycles. The lowest BCUT2D eigenvalue weighted by Gasteiger charge is -2.22. The number of aromatic hydroxyl groups is 1. The van der Waals surface area contributed by atoms with Gasteiger partial charge in [0.2, 0.25) is 0 Å². The summed E-state index contributed by atoms with van der Waals surface area (Å²) in [6, 6.07) is 4.16. The van der Waals surface area contributed by atoms with Crippen LogP contribution in [0.15, 0.2) is 12.1 Å². The second-order valence-corrected chi connectivity index (χ2v) is 4.85. The van der Waals surface area contributed by atoms with Crippen LogP contribution in [0.1, 0.15) is 44.4 Å². The highest BCUT2D eigenvalue weighted by Crippen LogP contribution is 2.34. The van der Waals surface area contributed by atoms with Gasteiger partial charge in [0.25, 0.3) is 0 Å². The molecule has 14 heavy (non-hydrogen) atoms. The molecule has 0 saturated carbocycles. The first-order valence-corrected chi connectivity index (χ1v) is 5.19. The van der Waals surface area contributed by atoms with Crippen molar-refractivity contribution in [3.8, 4) is 5.75 Å². The maximum atomic E-state index is 10.0. The average molecular weight is 192 g/mol. The molecule has 0 aliphatic heterocycles. The summed E-state index contributed by atoms with van der Waals surface area (Å²) in [5.74, 6) is 0.469. The number of aryl methyl sites for hydroxylation is 1. The van der Waals surface area contributed by atoms with Crippen LogP contribution in [0, 0.1) is 6.92 Å². The Balaban J connectivity index is 3.31. The van der Waals surface area contributed by atoms with Crippen molar-refractivity contribution in [2.45, 2.75) is 46.5 Å². The molecule has 0 aliphatic carbocycles. The van der Waals surface area contributed by atoms with Crippen LogP contribution in [0.3, 0.4) is 0 Å². The van der Waals surface area contributed by atoms with E-state index in [2.05, 4.69) is 33.8 Å². The zero-order valence-corrected chi connectivity index (χ0v) is 9.81. The van der Waals surface area contributed by atoms with Gasteiger partial charge in [0.1, 0.15) is 5.75 Å². The normalized spacial score (nSPS) is 11.8. The molecule has 0 radical (unpaired) electrons. The summed E-state index contributed by atoms with van der Waals surface area (Å²) >= 11 is 0. The van der Waals surface area contributed by atoms with Gasteiger partial charge >= 0.3 is 0 Å². The first-order valence-electron chi connectivity index (χ1n) is 5.19. The third-order valence-electron chi connectivity index (χ3n) is 2.73. The zero-order chi connectivity index (χ0) is 10.9. The maximum Gasteiger partial charge on any atom is 0.122 e. The first kappa shape index (κ1) is 11.1. The molecule has 1 N–H and O–H groups in total. The third-order valence-corrected chi connectivity index (χ3v) is 2.73. The summed E-state index contributed by atoms with van der Waals surface area (Å²) in [5.41, 5.74) is 3.31. The van der Waals surface area contributed by atoms with Crippen LogP contribution in [0.25, 0.3) is 0 Å². The minimum Gasteiger partial charge on any atom is -0.507 e. The van der Waals surface area contributed by atoms with Gasteiger partial charge in [-0.2, -0.15) is 0 Å². The van der Waals surface area contributed by atoms with Crippen molar-refractivity contribution in [2.75, 3.05) is 0 Å². The van der Waals surface area contributed by atoms with Gasteiger partial charge in [-0.25, -0.2) is 0 Å². The predicted octanol–water partition coefficient (Wildman–Crippen LogP) is 3.56. The van der Waals surface area contributed by atoms with Crippen molar-refractivity contribution in [1.82, 2.24) is 0 Å². The Morgan fingerprint density at radius 1 is 1.21 bits per heavy atom. The SMILES string of the molecule is CCc1ccc(C(C)(C)C)c(O)c1C. The summed E-state index contributed by atoms with van der Waals surface area (Å²) in [4.78, 5) is 0. The Hall–Kier alpha value is -0.980. The van der Waals surface area contributed by atoms with Gasteiger partial charge in [-0.1, -0.05) is 39.8 Å². The molecular weight excluding hydrogens is 172 g/mol. The van der Waals surface area contributed by atoms with Crippen molar-refractivity contribution in [2.24, 2.45) is 0 Å². The fraction of sp³-hybridized carbons (Fsp3) is 0.538. The number of hydrogen-bond acceptors (Lipinski definition) is 1. The number of hydrogen-bond donors (Lipinski definition) is 1. The van der Waals surface area contributed by atoms with E-state index >= 15 is 0 Å². The molecule has 1 aromatic rings. The van der Waals surface area contributed by atoms with Crippen LogP contribution in [-0.4, -0.2) is 5.11 Å². The first-order chi connectivity index (χ1) is 6.38. The monoisotopic (exact) mass is 192 g/mol. The minimum absolute atomic E-state index is 0.0150. The molecule has 0 amide bonds. The molecule has 1 heteroatoms. The van der Waals surface area contributed by atoms with Gasteiger partial charge in [0.15, 0.2) is 0 Å². The van der Waals surface area contributed by atoms with Crippen molar-refractivity contribution in [3.05, 3.63) is 28.8 Å². The summed E-state index contributed by atoms with van der Waals surface area (Å²) < 4.78 is 0. The quantitative estimate of drug-likeness (QED) is 0.721. The molecular formula is C13H20O. The summed E-state index contributed by atoms with van der Waals surface area (Å²) in [6.07, 6.45) is 0.976. The van der Waals surface area contributed by atoms with Crippen molar-refractivity contribution in [1.29, 1.82) is 0 Å². The van der Waals surface area contributed by atoms with E-state index in [1.54, 1.807) is 0 Å². The molecule has 0 aliphatic rings. The van der Waals surface area contributed by atoms with Crippen molar-refractivity contribution in [3.63, 3.8) is 0 Å². The van der Waals surface area contributed by atoms with Gasteiger partial charge in [-0.15, -0.1) is 0 Å². The predicted molar refractivity (Wildman–Crippen MR) is 60.9 cm³/mol. The summed E-state index contributed by atoms with van der Waals surface area (Å²) in [6.45, 7) is 10.5.